The lowest BCUT2D eigenvalue weighted by atomic mass is 9.63. The van der Waals surface area contributed by atoms with Crippen molar-refractivity contribution >= 4 is 23.7 Å². The Hall–Kier alpha value is -2.95. The summed E-state index contributed by atoms with van der Waals surface area (Å²) in [5, 5.41) is 10.4. The predicted octanol–water partition coefficient (Wildman–Crippen LogP) is 7.31. The molecule has 12 heteroatoms. The fourth-order valence-corrected chi connectivity index (χ4v) is 5.12. The van der Waals surface area contributed by atoms with Gasteiger partial charge in [0.05, 0.1) is 16.5 Å². The number of carbonyl (C=O) groups excluding carboxylic acids is 1. The summed E-state index contributed by atoms with van der Waals surface area (Å²) in [7, 11) is 0. The Morgan fingerprint density at radius 3 is 1.42 bits per heavy atom. The van der Waals surface area contributed by atoms with Gasteiger partial charge in [0.2, 0.25) is 0 Å². The van der Waals surface area contributed by atoms with Gasteiger partial charge in [-0.05, 0) is 69.0 Å². The standard InChI is InChI=1S/C26H26ClF6NO4/c1-22(2,3)38-21(37)34-14-12-23(13-15-34,20(35)36)24(27,16-4-8-18(9-5-16)25(28,29)30)17-6-10-19(11-7-17)26(31,32)33/h4-11H,12-15H2,1-3H3,(H,35,36). The number of carboxylic acids is 1. The fourth-order valence-electron chi connectivity index (χ4n) is 4.60. The summed E-state index contributed by atoms with van der Waals surface area (Å²) in [6, 6.07) is 7.06. The first kappa shape index (κ1) is 29.6. The lowest BCUT2D eigenvalue weighted by Gasteiger charge is -2.49. The molecule has 1 saturated heterocycles. The van der Waals surface area contributed by atoms with Gasteiger partial charge in [-0.1, -0.05) is 24.3 Å². The summed E-state index contributed by atoms with van der Waals surface area (Å²) in [5.41, 5.74) is -4.80. The zero-order valence-electron chi connectivity index (χ0n) is 20.7. The Morgan fingerprint density at radius 2 is 1.13 bits per heavy atom. The molecule has 0 bridgehead atoms. The van der Waals surface area contributed by atoms with Crippen LogP contribution < -0.4 is 0 Å². The molecule has 1 aliphatic heterocycles. The van der Waals surface area contributed by atoms with Gasteiger partial charge in [-0.3, -0.25) is 4.79 Å². The number of rotatable bonds is 4. The first-order valence-electron chi connectivity index (χ1n) is 11.6. The highest BCUT2D eigenvalue weighted by Gasteiger charge is 2.59. The second kappa shape index (κ2) is 9.98. The number of hydrogen-bond acceptors (Lipinski definition) is 3. The topological polar surface area (TPSA) is 66.8 Å². The monoisotopic (exact) mass is 565 g/mol. The molecule has 0 atom stereocenters. The SMILES string of the molecule is CC(C)(C)OC(=O)N1CCC(C(=O)O)(C(Cl)(c2ccc(C(F)(F)F)cc2)c2ccc(C(F)(F)F)cc2)CC1. The number of ether oxygens (including phenoxy) is 1. The van der Waals surface area contributed by atoms with Crippen molar-refractivity contribution < 1.29 is 45.8 Å². The fraction of sp³-hybridized carbons (Fsp3) is 0.462. The molecular weight excluding hydrogens is 540 g/mol. The Bertz CT molecular complexity index is 1110. The van der Waals surface area contributed by atoms with Crippen molar-refractivity contribution in [3.8, 4) is 0 Å². The molecule has 2 aromatic carbocycles. The van der Waals surface area contributed by atoms with E-state index in [0.717, 1.165) is 48.5 Å². The summed E-state index contributed by atoms with van der Waals surface area (Å²) in [5.74, 6) is -1.41. The maximum atomic E-state index is 13.2. The number of piperidine rings is 1. The molecule has 1 aliphatic rings. The van der Waals surface area contributed by atoms with Crippen LogP contribution in [0.4, 0.5) is 31.1 Å². The van der Waals surface area contributed by atoms with Crippen molar-refractivity contribution in [1.29, 1.82) is 0 Å². The predicted molar refractivity (Wildman–Crippen MR) is 127 cm³/mol. The van der Waals surface area contributed by atoms with Crippen LogP contribution in [0.3, 0.4) is 0 Å². The zero-order valence-corrected chi connectivity index (χ0v) is 21.5. The number of nitrogens with zero attached hydrogens (tertiary/aromatic N) is 1. The van der Waals surface area contributed by atoms with E-state index in [9.17, 15) is 41.0 Å². The van der Waals surface area contributed by atoms with E-state index in [-0.39, 0.29) is 37.1 Å². The number of carboxylic acid groups (broad SMARTS) is 1. The number of hydrogen-bond donors (Lipinski definition) is 1. The van der Waals surface area contributed by atoms with E-state index in [1.807, 2.05) is 0 Å². The van der Waals surface area contributed by atoms with Crippen LogP contribution in [0.1, 0.15) is 55.9 Å². The molecule has 208 valence electrons. The number of amides is 1. The molecule has 1 heterocycles. The molecule has 2 aromatic rings. The van der Waals surface area contributed by atoms with Crippen molar-refractivity contribution in [1.82, 2.24) is 4.90 Å². The highest BCUT2D eigenvalue weighted by Crippen LogP contribution is 2.56. The van der Waals surface area contributed by atoms with Gasteiger partial charge in [0.25, 0.3) is 0 Å². The average Bonchev–Trinajstić information content (AvgIpc) is 2.81. The zero-order chi connectivity index (χ0) is 28.7. The number of benzene rings is 2. The van der Waals surface area contributed by atoms with Crippen LogP contribution >= 0.6 is 11.6 Å². The second-order valence-electron chi connectivity index (χ2n) is 10.2. The maximum absolute atomic E-state index is 13.2. The molecule has 1 amide bonds. The molecule has 0 spiro atoms. The second-order valence-corrected chi connectivity index (χ2v) is 10.7. The highest BCUT2D eigenvalue weighted by atomic mass is 35.5. The van der Waals surface area contributed by atoms with Gasteiger partial charge in [-0.2, -0.15) is 26.3 Å². The van der Waals surface area contributed by atoms with Crippen molar-refractivity contribution in [2.75, 3.05) is 13.1 Å². The van der Waals surface area contributed by atoms with Crippen LogP contribution in [-0.2, 0) is 26.8 Å². The van der Waals surface area contributed by atoms with Gasteiger partial charge in [-0.15, -0.1) is 11.6 Å². The Kier molecular flexibility index (Phi) is 7.77. The van der Waals surface area contributed by atoms with Gasteiger partial charge in [0.1, 0.15) is 10.5 Å². The minimum absolute atomic E-state index is 0.0416. The Labute approximate surface area is 220 Å². The third-order valence-electron chi connectivity index (χ3n) is 6.56. The lowest BCUT2D eigenvalue weighted by Crippen LogP contribution is -2.56. The quantitative estimate of drug-likeness (QED) is 0.312. The number of likely N-dealkylation sites (tertiary alicyclic amines) is 1. The molecule has 0 aromatic heterocycles. The number of carbonyl (C=O) groups is 2. The van der Waals surface area contributed by atoms with Crippen molar-refractivity contribution in [2.24, 2.45) is 5.41 Å². The molecule has 1 fully saturated rings. The minimum atomic E-state index is -4.68. The van der Waals surface area contributed by atoms with Gasteiger partial charge in [0, 0.05) is 13.1 Å². The van der Waals surface area contributed by atoms with Crippen molar-refractivity contribution in [3.63, 3.8) is 0 Å². The smallest absolute Gasteiger partial charge is 0.416 e. The molecular formula is C26H26ClF6NO4. The maximum Gasteiger partial charge on any atom is 0.416 e. The largest absolute Gasteiger partial charge is 0.481 e. The number of aliphatic carboxylic acids is 1. The molecule has 0 saturated carbocycles. The van der Waals surface area contributed by atoms with E-state index < -0.39 is 51.4 Å². The summed E-state index contributed by atoms with van der Waals surface area (Å²) in [6.45, 7) is 4.76. The summed E-state index contributed by atoms with van der Waals surface area (Å²) in [4.78, 5) is 24.6. The first-order valence-corrected chi connectivity index (χ1v) is 11.9. The molecule has 5 nitrogen and oxygen atoms in total. The normalized spacial score (nSPS) is 16.7. The summed E-state index contributed by atoms with van der Waals surface area (Å²) >= 11 is 7.11. The van der Waals surface area contributed by atoms with Crippen LogP contribution in [0.5, 0.6) is 0 Å². The number of halogens is 7. The number of alkyl halides is 7. The average molecular weight is 566 g/mol. The van der Waals surface area contributed by atoms with Crippen LogP contribution in [-0.4, -0.2) is 40.8 Å². The first-order chi connectivity index (χ1) is 17.3. The third kappa shape index (κ3) is 5.72. The molecule has 1 N–H and O–H groups in total. The van der Waals surface area contributed by atoms with Gasteiger partial charge in [-0.25, -0.2) is 4.79 Å². The molecule has 0 radical (unpaired) electrons. The summed E-state index contributed by atoms with van der Waals surface area (Å²) in [6.07, 6.45) is -10.5. The summed E-state index contributed by atoms with van der Waals surface area (Å²) < 4.78 is 84.6. The molecule has 0 aliphatic carbocycles. The van der Waals surface area contributed by atoms with Gasteiger partial charge >= 0.3 is 24.4 Å². The third-order valence-corrected chi connectivity index (χ3v) is 7.36. The molecule has 3 rings (SSSR count). The van der Waals surface area contributed by atoms with E-state index >= 15 is 0 Å². The van der Waals surface area contributed by atoms with E-state index in [0.29, 0.717) is 0 Å². The van der Waals surface area contributed by atoms with Crippen LogP contribution in [0.15, 0.2) is 48.5 Å². The highest BCUT2D eigenvalue weighted by molar-refractivity contribution is 6.28. The lowest BCUT2D eigenvalue weighted by molar-refractivity contribution is -0.154. The Morgan fingerprint density at radius 1 is 0.789 bits per heavy atom. The van der Waals surface area contributed by atoms with E-state index in [1.54, 1.807) is 20.8 Å². The minimum Gasteiger partial charge on any atom is -0.481 e. The van der Waals surface area contributed by atoms with Gasteiger partial charge < -0.3 is 14.7 Å². The Balaban J connectivity index is 2.13. The molecule has 38 heavy (non-hydrogen) atoms. The molecule has 0 unspecified atom stereocenters. The van der Waals surface area contributed by atoms with Crippen LogP contribution in [0.2, 0.25) is 0 Å². The van der Waals surface area contributed by atoms with Crippen molar-refractivity contribution in [2.45, 2.75) is 56.4 Å². The van der Waals surface area contributed by atoms with Crippen LogP contribution in [0.25, 0.3) is 0 Å². The van der Waals surface area contributed by atoms with E-state index in [2.05, 4.69) is 0 Å². The van der Waals surface area contributed by atoms with Gasteiger partial charge in [0.15, 0.2) is 0 Å². The van der Waals surface area contributed by atoms with Crippen molar-refractivity contribution in [3.05, 3.63) is 70.8 Å². The van der Waals surface area contributed by atoms with E-state index in [1.165, 1.54) is 4.90 Å². The van der Waals surface area contributed by atoms with E-state index in [4.69, 9.17) is 16.3 Å². The van der Waals surface area contributed by atoms with Crippen LogP contribution in [0, 0.1) is 5.41 Å².